The molecule has 2 bridgehead atoms. The van der Waals surface area contributed by atoms with Gasteiger partial charge in [-0.15, -0.1) is 0 Å². The number of fused-ring (bicyclic) bond motifs is 2. The number of nitrogens with zero attached hydrogens (tertiary/aromatic N) is 1. The quantitative estimate of drug-likeness (QED) is 0.731. The standard InChI is InChI=1S/C14H17NO2/c1-10(16)13-4-2-3-5-14(13)15-8-11-6-7-12(9-15)17-11/h2-5,11-12H,6-9H2,1H3. The monoisotopic (exact) mass is 231 g/mol. The minimum absolute atomic E-state index is 0.138. The highest BCUT2D eigenvalue weighted by Gasteiger charge is 2.34. The summed E-state index contributed by atoms with van der Waals surface area (Å²) in [5, 5.41) is 0. The zero-order valence-corrected chi connectivity index (χ0v) is 10.1. The summed E-state index contributed by atoms with van der Waals surface area (Å²) in [5.74, 6) is 0.138. The Morgan fingerprint density at radius 1 is 1.24 bits per heavy atom. The zero-order valence-electron chi connectivity index (χ0n) is 10.1. The van der Waals surface area contributed by atoms with Crippen molar-refractivity contribution in [3.05, 3.63) is 29.8 Å². The number of para-hydroxylation sites is 1. The summed E-state index contributed by atoms with van der Waals surface area (Å²) in [7, 11) is 0. The maximum Gasteiger partial charge on any atom is 0.161 e. The van der Waals surface area contributed by atoms with E-state index in [9.17, 15) is 4.79 Å². The van der Waals surface area contributed by atoms with Crippen molar-refractivity contribution < 1.29 is 9.53 Å². The molecular weight excluding hydrogens is 214 g/mol. The second-order valence-corrected chi connectivity index (χ2v) is 4.94. The number of Topliss-reactive ketones (excluding diaryl/α,β-unsaturated/α-hetero) is 1. The summed E-state index contributed by atoms with van der Waals surface area (Å²) in [4.78, 5) is 13.9. The van der Waals surface area contributed by atoms with Crippen LogP contribution in [0.3, 0.4) is 0 Å². The third kappa shape index (κ3) is 1.95. The van der Waals surface area contributed by atoms with E-state index in [1.54, 1.807) is 6.92 Å². The Bertz CT molecular complexity index is 432. The van der Waals surface area contributed by atoms with Crippen LogP contribution < -0.4 is 4.90 Å². The number of carbonyl (C=O) groups excluding carboxylic acids is 1. The van der Waals surface area contributed by atoms with Crippen molar-refractivity contribution in [1.82, 2.24) is 0 Å². The predicted molar refractivity (Wildman–Crippen MR) is 66.6 cm³/mol. The maximum atomic E-state index is 11.6. The van der Waals surface area contributed by atoms with Gasteiger partial charge in [0, 0.05) is 24.3 Å². The van der Waals surface area contributed by atoms with Gasteiger partial charge in [-0.3, -0.25) is 4.79 Å². The number of ether oxygens (including phenoxy) is 1. The maximum absolute atomic E-state index is 11.6. The average Bonchev–Trinajstić information content (AvgIpc) is 2.68. The Labute approximate surface area is 101 Å². The van der Waals surface area contributed by atoms with Crippen LogP contribution in [0.1, 0.15) is 30.1 Å². The lowest BCUT2D eigenvalue weighted by molar-refractivity contribution is 0.0304. The molecule has 0 amide bonds. The minimum atomic E-state index is 0.138. The minimum Gasteiger partial charge on any atom is -0.371 e. The highest BCUT2D eigenvalue weighted by Crippen LogP contribution is 2.31. The van der Waals surface area contributed by atoms with E-state index < -0.39 is 0 Å². The van der Waals surface area contributed by atoms with E-state index in [2.05, 4.69) is 4.90 Å². The van der Waals surface area contributed by atoms with Crippen molar-refractivity contribution in [2.24, 2.45) is 0 Å². The molecule has 2 fully saturated rings. The molecule has 3 heteroatoms. The Kier molecular flexibility index (Phi) is 2.63. The number of anilines is 1. The van der Waals surface area contributed by atoms with Crippen LogP contribution in [0.4, 0.5) is 5.69 Å². The van der Waals surface area contributed by atoms with Gasteiger partial charge in [-0.2, -0.15) is 0 Å². The van der Waals surface area contributed by atoms with Crippen molar-refractivity contribution in [1.29, 1.82) is 0 Å². The fourth-order valence-corrected chi connectivity index (χ4v) is 2.86. The smallest absolute Gasteiger partial charge is 0.161 e. The molecule has 2 heterocycles. The van der Waals surface area contributed by atoms with Gasteiger partial charge in [0.1, 0.15) is 0 Å². The van der Waals surface area contributed by atoms with E-state index in [-0.39, 0.29) is 5.78 Å². The SMILES string of the molecule is CC(=O)c1ccccc1N1CC2CCC(C1)O2. The first-order valence-corrected chi connectivity index (χ1v) is 6.24. The third-order valence-electron chi connectivity index (χ3n) is 3.67. The molecule has 0 N–H and O–H groups in total. The van der Waals surface area contributed by atoms with Gasteiger partial charge in [-0.25, -0.2) is 0 Å². The number of ketones is 1. The number of benzene rings is 1. The molecular formula is C14H17NO2. The molecule has 90 valence electrons. The van der Waals surface area contributed by atoms with Gasteiger partial charge in [0.25, 0.3) is 0 Å². The molecule has 1 aromatic carbocycles. The number of hydrogen-bond donors (Lipinski definition) is 0. The average molecular weight is 231 g/mol. The molecule has 0 aromatic heterocycles. The topological polar surface area (TPSA) is 29.5 Å². The van der Waals surface area contributed by atoms with Crippen LogP contribution in [0.5, 0.6) is 0 Å². The number of hydrogen-bond acceptors (Lipinski definition) is 3. The van der Waals surface area contributed by atoms with Gasteiger partial charge in [-0.1, -0.05) is 12.1 Å². The fraction of sp³-hybridized carbons (Fsp3) is 0.500. The molecule has 2 saturated heterocycles. The first kappa shape index (κ1) is 10.8. The summed E-state index contributed by atoms with van der Waals surface area (Å²) < 4.78 is 5.82. The van der Waals surface area contributed by atoms with E-state index in [0.717, 1.165) is 37.2 Å². The van der Waals surface area contributed by atoms with Crippen LogP contribution in [-0.4, -0.2) is 31.1 Å². The van der Waals surface area contributed by atoms with E-state index in [1.165, 1.54) is 0 Å². The van der Waals surface area contributed by atoms with Crippen LogP contribution in [0, 0.1) is 0 Å². The molecule has 1 aromatic rings. The molecule has 17 heavy (non-hydrogen) atoms. The Hall–Kier alpha value is -1.35. The normalized spacial score (nSPS) is 27.2. The summed E-state index contributed by atoms with van der Waals surface area (Å²) in [6.07, 6.45) is 3.02. The van der Waals surface area contributed by atoms with Gasteiger partial charge in [0.2, 0.25) is 0 Å². The van der Waals surface area contributed by atoms with Crippen molar-refractivity contribution in [2.45, 2.75) is 32.0 Å². The Morgan fingerprint density at radius 2 is 1.88 bits per heavy atom. The van der Waals surface area contributed by atoms with E-state index in [4.69, 9.17) is 4.74 Å². The number of morpholine rings is 1. The van der Waals surface area contributed by atoms with Crippen LogP contribution in [0.25, 0.3) is 0 Å². The summed E-state index contributed by atoms with van der Waals surface area (Å²) in [6, 6.07) is 7.88. The fourth-order valence-electron chi connectivity index (χ4n) is 2.86. The Balaban J connectivity index is 1.91. The second-order valence-electron chi connectivity index (χ2n) is 4.94. The van der Waals surface area contributed by atoms with E-state index >= 15 is 0 Å². The molecule has 2 aliphatic heterocycles. The van der Waals surface area contributed by atoms with Crippen molar-refractivity contribution in [3.8, 4) is 0 Å². The van der Waals surface area contributed by atoms with Crippen molar-refractivity contribution in [2.75, 3.05) is 18.0 Å². The lowest BCUT2D eigenvalue weighted by Crippen LogP contribution is -2.43. The largest absolute Gasteiger partial charge is 0.371 e. The zero-order chi connectivity index (χ0) is 11.8. The van der Waals surface area contributed by atoms with E-state index in [1.807, 2.05) is 24.3 Å². The lowest BCUT2D eigenvalue weighted by Gasteiger charge is -2.34. The van der Waals surface area contributed by atoms with Gasteiger partial charge >= 0.3 is 0 Å². The molecule has 0 spiro atoms. The Morgan fingerprint density at radius 3 is 2.53 bits per heavy atom. The van der Waals surface area contributed by atoms with Crippen LogP contribution in [0.2, 0.25) is 0 Å². The predicted octanol–water partition coefficient (Wildman–Crippen LogP) is 2.26. The van der Waals surface area contributed by atoms with Gasteiger partial charge in [0.15, 0.2) is 5.78 Å². The first-order valence-electron chi connectivity index (χ1n) is 6.24. The van der Waals surface area contributed by atoms with Crippen LogP contribution >= 0.6 is 0 Å². The van der Waals surface area contributed by atoms with Gasteiger partial charge in [0.05, 0.1) is 12.2 Å². The molecule has 3 nitrogen and oxygen atoms in total. The molecule has 0 saturated carbocycles. The van der Waals surface area contributed by atoms with Crippen molar-refractivity contribution >= 4 is 11.5 Å². The van der Waals surface area contributed by atoms with Crippen LogP contribution in [-0.2, 0) is 4.74 Å². The van der Waals surface area contributed by atoms with E-state index in [0.29, 0.717) is 12.2 Å². The highest BCUT2D eigenvalue weighted by molar-refractivity contribution is 5.99. The van der Waals surface area contributed by atoms with Crippen LogP contribution in [0.15, 0.2) is 24.3 Å². The number of carbonyl (C=O) groups is 1. The molecule has 2 unspecified atom stereocenters. The second kappa shape index (κ2) is 4.15. The molecule has 2 aliphatic rings. The molecule has 3 rings (SSSR count). The third-order valence-corrected chi connectivity index (χ3v) is 3.67. The number of rotatable bonds is 2. The molecule has 2 atom stereocenters. The first-order chi connectivity index (χ1) is 8.24. The molecule has 0 aliphatic carbocycles. The van der Waals surface area contributed by atoms with Gasteiger partial charge in [-0.05, 0) is 31.9 Å². The summed E-state index contributed by atoms with van der Waals surface area (Å²) >= 11 is 0. The highest BCUT2D eigenvalue weighted by atomic mass is 16.5. The molecule has 0 radical (unpaired) electrons. The van der Waals surface area contributed by atoms with Crippen molar-refractivity contribution in [3.63, 3.8) is 0 Å². The summed E-state index contributed by atoms with van der Waals surface area (Å²) in [5.41, 5.74) is 1.90. The summed E-state index contributed by atoms with van der Waals surface area (Å²) in [6.45, 7) is 3.47. The lowest BCUT2D eigenvalue weighted by atomic mass is 10.1. The van der Waals surface area contributed by atoms with Gasteiger partial charge < -0.3 is 9.64 Å².